The van der Waals surface area contributed by atoms with Gasteiger partial charge in [0.15, 0.2) is 11.6 Å². The molecular formula is C30H19N11. The molecule has 0 saturated carbocycles. The average molecular weight is 534 g/mol. The molecule has 8 rings (SSSR count). The molecule has 7 aromatic heterocycles. The van der Waals surface area contributed by atoms with Crippen LogP contribution in [0, 0.1) is 0 Å². The summed E-state index contributed by atoms with van der Waals surface area (Å²) in [6.45, 7) is 0. The van der Waals surface area contributed by atoms with Gasteiger partial charge in [-0.25, -0.2) is 9.97 Å². The minimum atomic E-state index is 0.379. The smallest absolute Gasteiger partial charge is 0.242 e. The number of fused-ring (bicyclic) bond motifs is 3. The molecule has 41 heavy (non-hydrogen) atoms. The van der Waals surface area contributed by atoms with E-state index in [1.165, 1.54) is 0 Å². The van der Waals surface area contributed by atoms with E-state index in [-0.39, 0.29) is 0 Å². The van der Waals surface area contributed by atoms with Crippen LogP contribution in [0.4, 0.5) is 0 Å². The van der Waals surface area contributed by atoms with Crippen molar-refractivity contribution >= 4 is 21.8 Å². The molecule has 7 heterocycles. The van der Waals surface area contributed by atoms with E-state index in [1.807, 2.05) is 93.0 Å². The molecule has 0 atom stereocenters. The standard InChI is InChI=1S/C30H19N11/c1-2-10-24-20(7-1)21-19-31-14-11-25(21)41(24)30-37-28(39-17-15-34-26(39)22-8-3-5-12-32-22)36-29(38-30)40-18-16-35-27(40)23-9-4-6-13-33-23/h1-19H. The summed E-state index contributed by atoms with van der Waals surface area (Å²) in [4.78, 5) is 37.4. The second-order valence-corrected chi connectivity index (χ2v) is 9.15. The monoisotopic (exact) mass is 533 g/mol. The minimum absolute atomic E-state index is 0.379. The third-order valence-electron chi connectivity index (χ3n) is 6.77. The number of hydrogen-bond acceptors (Lipinski definition) is 8. The third kappa shape index (κ3) is 3.75. The molecule has 1 aromatic carbocycles. The average Bonchev–Trinajstić information content (AvgIpc) is 3.80. The fourth-order valence-electron chi connectivity index (χ4n) is 4.99. The number of benzene rings is 1. The zero-order valence-electron chi connectivity index (χ0n) is 21.4. The fourth-order valence-corrected chi connectivity index (χ4v) is 4.99. The maximum atomic E-state index is 4.98. The molecule has 0 radical (unpaired) electrons. The molecule has 0 aliphatic rings. The Kier molecular flexibility index (Phi) is 5.17. The van der Waals surface area contributed by atoms with E-state index >= 15 is 0 Å². The van der Waals surface area contributed by atoms with Crippen molar-refractivity contribution in [2.24, 2.45) is 0 Å². The van der Waals surface area contributed by atoms with Crippen LogP contribution in [0.1, 0.15) is 0 Å². The second-order valence-electron chi connectivity index (χ2n) is 9.15. The number of aromatic nitrogens is 11. The highest BCUT2D eigenvalue weighted by Gasteiger charge is 2.21. The van der Waals surface area contributed by atoms with E-state index in [2.05, 4.69) is 31.0 Å². The van der Waals surface area contributed by atoms with Gasteiger partial charge in [-0.2, -0.15) is 15.0 Å². The number of imidazole rings is 2. The lowest BCUT2D eigenvalue weighted by atomic mass is 10.2. The zero-order valence-corrected chi connectivity index (χ0v) is 21.4. The Labute approximate surface area is 232 Å². The Bertz CT molecular complexity index is 2010. The molecule has 0 saturated heterocycles. The van der Waals surface area contributed by atoms with E-state index in [0.29, 0.717) is 40.9 Å². The molecule has 194 valence electrons. The summed E-state index contributed by atoms with van der Waals surface area (Å²) in [6.07, 6.45) is 14.1. The third-order valence-corrected chi connectivity index (χ3v) is 6.77. The van der Waals surface area contributed by atoms with E-state index in [9.17, 15) is 0 Å². The Morgan fingerprint density at radius 1 is 0.463 bits per heavy atom. The van der Waals surface area contributed by atoms with Crippen LogP contribution >= 0.6 is 0 Å². The number of hydrogen-bond donors (Lipinski definition) is 0. The highest BCUT2D eigenvalue weighted by atomic mass is 15.3. The normalized spacial score (nSPS) is 11.4. The van der Waals surface area contributed by atoms with Crippen LogP contribution < -0.4 is 0 Å². The Hall–Kier alpha value is -6.10. The summed E-state index contributed by atoms with van der Waals surface area (Å²) in [7, 11) is 0. The first-order valence-electron chi connectivity index (χ1n) is 12.8. The van der Waals surface area contributed by atoms with Crippen LogP contribution in [0.2, 0.25) is 0 Å². The summed E-state index contributed by atoms with van der Waals surface area (Å²) in [5.41, 5.74) is 3.27. The lowest BCUT2D eigenvalue weighted by Gasteiger charge is -2.13. The van der Waals surface area contributed by atoms with E-state index in [0.717, 1.165) is 21.8 Å². The summed E-state index contributed by atoms with van der Waals surface area (Å²) >= 11 is 0. The van der Waals surface area contributed by atoms with Crippen molar-refractivity contribution in [2.45, 2.75) is 0 Å². The molecule has 11 nitrogen and oxygen atoms in total. The van der Waals surface area contributed by atoms with Gasteiger partial charge in [-0.05, 0) is 36.4 Å². The van der Waals surface area contributed by atoms with Crippen LogP contribution in [0.5, 0.6) is 0 Å². The molecule has 0 bridgehead atoms. The van der Waals surface area contributed by atoms with Crippen molar-refractivity contribution in [2.75, 3.05) is 0 Å². The SMILES string of the molecule is c1ccc(-c2nccn2-c2nc(-n3ccnc3-c3ccccn3)nc(-n3c4ccccc4c4cnccc43)n2)nc1. The molecular weight excluding hydrogens is 514 g/mol. The minimum Gasteiger partial charge on any atom is -0.278 e. The maximum Gasteiger partial charge on any atom is 0.242 e. The quantitative estimate of drug-likeness (QED) is 0.308. The van der Waals surface area contributed by atoms with Gasteiger partial charge in [0.2, 0.25) is 17.8 Å². The van der Waals surface area contributed by atoms with Crippen molar-refractivity contribution in [1.29, 1.82) is 0 Å². The molecule has 0 amide bonds. The Morgan fingerprint density at radius 3 is 1.68 bits per heavy atom. The van der Waals surface area contributed by atoms with Gasteiger partial charge in [0.25, 0.3) is 0 Å². The van der Waals surface area contributed by atoms with E-state index in [4.69, 9.17) is 15.0 Å². The van der Waals surface area contributed by atoms with Crippen LogP contribution in [-0.4, -0.2) is 53.6 Å². The van der Waals surface area contributed by atoms with Crippen molar-refractivity contribution in [3.05, 3.63) is 116 Å². The zero-order chi connectivity index (χ0) is 27.2. The van der Waals surface area contributed by atoms with Crippen molar-refractivity contribution < 1.29 is 0 Å². The highest BCUT2D eigenvalue weighted by molar-refractivity contribution is 6.08. The Balaban J connectivity index is 1.42. The van der Waals surface area contributed by atoms with Gasteiger partial charge in [-0.15, -0.1) is 0 Å². The van der Waals surface area contributed by atoms with Gasteiger partial charge in [0.05, 0.1) is 11.0 Å². The van der Waals surface area contributed by atoms with Crippen LogP contribution in [0.15, 0.2) is 116 Å². The predicted octanol–water partition coefficient (Wildman–Crippen LogP) is 4.86. The van der Waals surface area contributed by atoms with Crippen LogP contribution in [0.3, 0.4) is 0 Å². The number of para-hydroxylation sites is 1. The predicted molar refractivity (Wildman–Crippen MR) is 153 cm³/mol. The van der Waals surface area contributed by atoms with Gasteiger partial charge < -0.3 is 0 Å². The van der Waals surface area contributed by atoms with Gasteiger partial charge in [0.1, 0.15) is 11.4 Å². The molecule has 11 heteroatoms. The highest BCUT2D eigenvalue weighted by Crippen LogP contribution is 2.31. The second kappa shape index (κ2) is 9.27. The summed E-state index contributed by atoms with van der Waals surface area (Å²) in [6, 6.07) is 21.5. The van der Waals surface area contributed by atoms with Crippen LogP contribution in [0.25, 0.3) is 62.7 Å². The van der Waals surface area contributed by atoms with Gasteiger partial charge >= 0.3 is 0 Å². The topological polar surface area (TPSA) is 118 Å². The number of rotatable bonds is 5. The molecule has 8 aromatic rings. The summed E-state index contributed by atoms with van der Waals surface area (Å²) in [5, 5.41) is 2.05. The van der Waals surface area contributed by atoms with Crippen molar-refractivity contribution in [3.8, 4) is 40.9 Å². The lowest BCUT2D eigenvalue weighted by Crippen LogP contribution is -2.14. The van der Waals surface area contributed by atoms with Gasteiger partial charge in [-0.3, -0.25) is 28.7 Å². The van der Waals surface area contributed by atoms with Crippen molar-refractivity contribution in [3.63, 3.8) is 0 Å². The largest absolute Gasteiger partial charge is 0.278 e. The summed E-state index contributed by atoms with van der Waals surface area (Å²) in [5.74, 6) is 2.41. The van der Waals surface area contributed by atoms with Crippen molar-refractivity contribution in [1.82, 2.24) is 53.6 Å². The molecule has 0 aliphatic carbocycles. The Morgan fingerprint density at radius 2 is 1.05 bits per heavy atom. The first kappa shape index (κ1) is 22.8. The first-order chi connectivity index (χ1) is 20.3. The fraction of sp³-hybridized carbons (Fsp3) is 0. The number of pyridine rings is 3. The van der Waals surface area contributed by atoms with Gasteiger partial charge in [0, 0.05) is 60.3 Å². The maximum absolute atomic E-state index is 4.98. The number of nitrogens with zero attached hydrogens (tertiary/aromatic N) is 11. The first-order valence-corrected chi connectivity index (χ1v) is 12.8. The van der Waals surface area contributed by atoms with E-state index < -0.39 is 0 Å². The lowest BCUT2D eigenvalue weighted by molar-refractivity contribution is 0.814. The van der Waals surface area contributed by atoms with Gasteiger partial charge in [-0.1, -0.05) is 30.3 Å². The molecule has 0 fully saturated rings. The molecule has 0 unspecified atom stereocenters. The van der Waals surface area contributed by atoms with E-state index in [1.54, 1.807) is 31.0 Å². The summed E-state index contributed by atoms with van der Waals surface area (Å²) < 4.78 is 5.64. The molecule has 0 aliphatic heterocycles. The molecule has 0 N–H and O–H groups in total. The van der Waals surface area contributed by atoms with Crippen LogP contribution in [-0.2, 0) is 0 Å². The molecule has 0 spiro atoms.